The molecule has 65 heavy (non-hydrogen) atoms. The van der Waals surface area contributed by atoms with Gasteiger partial charge in [0.15, 0.2) is 34.6 Å². The zero-order valence-electron chi connectivity index (χ0n) is 31.5. The minimum absolute atomic E-state index is 0.00857. The summed E-state index contributed by atoms with van der Waals surface area (Å²) in [5.41, 5.74) is -14.6. The summed E-state index contributed by atoms with van der Waals surface area (Å²) in [6.07, 6.45) is -1.74. The van der Waals surface area contributed by atoms with Crippen LogP contribution in [0.2, 0.25) is 0 Å². The predicted molar refractivity (Wildman–Crippen MR) is 213 cm³/mol. The molecule has 25 nitrogen and oxygen atoms in total. The number of aromatic nitrogens is 8. The molecular weight excluding hydrogens is 864 g/mol. The van der Waals surface area contributed by atoms with Crippen molar-refractivity contribution in [2.24, 2.45) is 0 Å². The molecule has 0 unspecified atom stereocenters. The number of carbonyl (C=O) groups is 8. The van der Waals surface area contributed by atoms with Crippen molar-refractivity contribution in [2.75, 3.05) is 0 Å². The van der Waals surface area contributed by atoms with Gasteiger partial charge in [-0.1, -0.05) is 48.5 Å². The van der Waals surface area contributed by atoms with Gasteiger partial charge in [-0.3, -0.25) is 0 Å². The summed E-state index contributed by atoms with van der Waals surface area (Å²) in [6, 6.07) is 11.8. The summed E-state index contributed by atoms with van der Waals surface area (Å²) in [5.74, 6) is -19.4. The number of H-pyrrole nitrogens is 1. The first kappa shape index (κ1) is 40.2. The van der Waals surface area contributed by atoms with Gasteiger partial charge in [-0.25, -0.2) is 72.8 Å². The third-order valence-electron chi connectivity index (χ3n) is 10.3. The summed E-state index contributed by atoms with van der Waals surface area (Å²) in [7, 11) is 0. The van der Waals surface area contributed by atoms with Crippen molar-refractivity contribution in [1.29, 1.82) is 0 Å². The lowest BCUT2D eigenvalue weighted by Crippen LogP contribution is -2.20. The van der Waals surface area contributed by atoms with Crippen molar-refractivity contribution in [1.82, 2.24) is 39.5 Å². The molecule has 8 bridgehead atoms. The molecule has 0 aliphatic carbocycles. The minimum Gasteiger partial charge on any atom is -0.506 e. The molecule has 2 aliphatic heterocycles. The van der Waals surface area contributed by atoms with Gasteiger partial charge in [0.05, 0.1) is 38.9 Å². The number of rotatable bonds is 7. The summed E-state index contributed by atoms with van der Waals surface area (Å²) < 4.78 is 0.538. The Labute approximate surface area is 354 Å². The van der Waals surface area contributed by atoms with Crippen molar-refractivity contribution in [3.8, 4) is 51.3 Å². The van der Waals surface area contributed by atoms with E-state index in [1.807, 2.05) is 0 Å². The zero-order valence-corrected chi connectivity index (χ0v) is 31.5. The van der Waals surface area contributed by atoms with Gasteiger partial charge in [-0.05, 0) is 0 Å². The monoisotopic (exact) mass is 882 g/mol. The fraction of sp³-hybridized carbons (Fsp3) is 0. The van der Waals surface area contributed by atoms with E-state index in [1.165, 1.54) is 42.5 Å². The number of nitrogens with zero attached hydrogens (tertiary/aromatic N) is 7. The van der Waals surface area contributed by atoms with Crippen LogP contribution >= 0.6 is 0 Å². The largest absolute Gasteiger partial charge is 0.506 e. The van der Waals surface area contributed by atoms with Gasteiger partial charge < -0.3 is 50.9 Å². The Kier molecular flexibility index (Phi) is 8.61. The summed E-state index contributed by atoms with van der Waals surface area (Å²) in [4.78, 5) is 132. The van der Waals surface area contributed by atoms with E-state index in [0.717, 1.165) is 0 Å². The van der Waals surface area contributed by atoms with Crippen LogP contribution in [0.3, 0.4) is 0 Å². The number of carboxylic acids is 7. The van der Waals surface area contributed by atoms with Gasteiger partial charge in [0.2, 0.25) is 0 Å². The number of hydrogen-bond acceptors (Lipinski definition) is 15. The number of fused-ring (bicyclic) bond motifs is 20. The van der Waals surface area contributed by atoms with E-state index in [4.69, 9.17) is 0 Å². The Morgan fingerprint density at radius 1 is 0.415 bits per heavy atom. The van der Waals surface area contributed by atoms with E-state index in [-0.39, 0.29) is 39.2 Å². The molecule has 320 valence electrons. The standard InChI is InChI=1S/C40H18N8O17/c49-24-22-15(18(35(54)55)21(38(60)61)23(24)39(62)63)29-44-28-14-13(16(33(50)51)19(36(56)57)20(37(58)59)17(14)34(52)53)27(43-28)42-25-9-5-1-2-6-10(9)26(41-25)46-31-11-7-3-4-8-12(11)32(47-30(22)45-29)48(31)40(64)65/h1-8,49H,(H,50,51)(H,52,53)(H,54,55)(H,56,57)(H,58,59)(H,60,61)(H,62,63)(H,64,65)(H,41,42,43,44,45,46,47). The maximum atomic E-state index is 13.2. The minimum atomic E-state index is -2.25. The predicted octanol–water partition coefficient (Wildman–Crippen LogP) is 4.46. The lowest BCUT2D eigenvalue weighted by molar-refractivity contribution is 0.0622. The van der Waals surface area contributed by atoms with Crippen LogP contribution in [-0.4, -0.2) is 133 Å². The quantitative estimate of drug-likeness (QED) is 0.106. The third kappa shape index (κ3) is 5.65. The Morgan fingerprint density at radius 2 is 0.785 bits per heavy atom. The summed E-state index contributed by atoms with van der Waals surface area (Å²) in [6.45, 7) is 0. The number of carboxylic acid groups (broad SMARTS) is 8. The van der Waals surface area contributed by atoms with Gasteiger partial charge in [0.1, 0.15) is 22.6 Å². The van der Waals surface area contributed by atoms with Crippen LogP contribution in [0.15, 0.2) is 48.5 Å². The fourth-order valence-corrected chi connectivity index (χ4v) is 7.96. The Balaban J connectivity index is 1.68. The maximum absolute atomic E-state index is 13.2. The van der Waals surface area contributed by atoms with Crippen molar-refractivity contribution in [2.45, 2.75) is 0 Å². The lowest BCUT2D eigenvalue weighted by atomic mass is 9.90. The van der Waals surface area contributed by atoms with E-state index < -0.39 is 143 Å². The van der Waals surface area contributed by atoms with E-state index >= 15 is 0 Å². The van der Waals surface area contributed by atoms with Gasteiger partial charge in [0.25, 0.3) is 0 Å². The van der Waals surface area contributed by atoms with E-state index in [0.29, 0.717) is 4.57 Å². The summed E-state index contributed by atoms with van der Waals surface area (Å²) >= 11 is 0. The number of aromatic hydroxyl groups is 1. The number of nitrogens with one attached hydrogen (secondary N) is 1. The molecule has 0 spiro atoms. The average molecular weight is 883 g/mol. The lowest BCUT2D eigenvalue weighted by Gasteiger charge is -2.14. The van der Waals surface area contributed by atoms with Crippen LogP contribution in [-0.2, 0) is 0 Å². The van der Waals surface area contributed by atoms with Gasteiger partial charge >= 0.3 is 47.9 Å². The first-order valence-corrected chi connectivity index (χ1v) is 17.9. The van der Waals surface area contributed by atoms with Crippen LogP contribution in [0.1, 0.15) is 72.5 Å². The van der Waals surface area contributed by atoms with Gasteiger partial charge in [-0.2, -0.15) is 0 Å². The maximum Gasteiger partial charge on any atom is 0.418 e. The van der Waals surface area contributed by atoms with Crippen LogP contribution < -0.4 is 0 Å². The molecule has 10 N–H and O–H groups in total. The molecular formula is C40H18N8O17. The molecule has 0 saturated heterocycles. The highest BCUT2D eigenvalue weighted by Crippen LogP contribution is 2.48. The second-order valence-electron chi connectivity index (χ2n) is 13.8. The van der Waals surface area contributed by atoms with Crippen LogP contribution in [0.25, 0.3) is 89.7 Å². The fourth-order valence-electron chi connectivity index (χ4n) is 7.96. The summed E-state index contributed by atoms with van der Waals surface area (Å²) in [5, 5.41) is 93.1. The molecule has 0 fully saturated rings. The molecule has 0 radical (unpaired) electrons. The van der Waals surface area contributed by atoms with E-state index in [2.05, 4.69) is 34.9 Å². The topological polar surface area (TPSA) is 417 Å². The molecule has 3 aromatic heterocycles. The molecule has 4 aromatic carbocycles. The second kappa shape index (κ2) is 13.9. The molecule has 25 heteroatoms. The Bertz CT molecular complexity index is 3720. The molecule has 0 saturated carbocycles. The highest BCUT2D eigenvalue weighted by Gasteiger charge is 2.41. The van der Waals surface area contributed by atoms with Crippen LogP contribution in [0.4, 0.5) is 4.79 Å². The van der Waals surface area contributed by atoms with Crippen molar-refractivity contribution < 1.29 is 84.3 Å². The number of hydrogen-bond donors (Lipinski definition) is 10. The molecule has 0 atom stereocenters. The van der Waals surface area contributed by atoms with Gasteiger partial charge in [-0.15, -0.1) is 0 Å². The number of aromatic amines is 1. The smallest absolute Gasteiger partial charge is 0.418 e. The van der Waals surface area contributed by atoms with Crippen molar-refractivity contribution in [3.05, 3.63) is 87.5 Å². The second-order valence-corrected chi connectivity index (χ2v) is 13.8. The third-order valence-corrected chi connectivity index (χ3v) is 10.3. The van der Waals surface area contributed by atoms with Crippen LogP contribution in [0, 0.1) is 0 Å². The SMILES string of the molecule is O=C(O)c1c(O)c2c(c(C(=O)O)c1C(=O)O)-c1nc-2nc2c3ccccc3c(nc3nc(nc4[nH]c(n1)c1c(C(=O)O)c(C(=O)O)c(C(=O)O)c(C(=O)O)c41)-c1ccccc1-3)n2C(=O)O. The number of benzene rings is 4. The Morgan fingerprint density at radius 3 is 1.23 bits per heavy atom. The van der Waals surface area contributed by atoms with Gasteiger partial charge in [0, 0.05) is 38.2 Å². The van der Waals surface area contributed by atoms with Crippen molar-refractivity contribution >= 4 is 92.0 Å². The first-order chi connectivity index (χ1) is 30.8. The van der Waals surface area contributed by atoms with Crippen molar-refractivity contribution in [3.63, 3.8) is 0 Å². The van der Waals surface area contributed by atoms with E-state index in [9.17, 15) is 84.3 Å². The first-order valence-electron chi connectivity index (χ1n) is 17.9. The molecule has 7 aromatic rings. The molecule has 2 aliphatic rings. The zero-order chi connectivity index (χ0) is 46.7. The highest BCUT2D eigenvalue weighted by atomic mass is 16.4. The Hall–Kier alpha value is -10.2. The highest BCUT2D eigenvalue weighted by molar-refractivity contribution is 6.29. The van der Waals surface area contributed by atoms with E-state index in [1.54, 1.807) is 6.07 Å². The molecule has 9 rings (SSSR count). The number of aromatic carboxylic acids is 7. The number of phenols is 1. The average Bonchev–Trinajstić information content (AvgIpc) is 3.96. The van der Waals surface area contributed by atoms with Crippen LogP contribution in [0.5, 0.6) is 5.75 Å². The normalized spacial score (nSPS) is 11.5. The molecule has 5 heterocycles. The molecule has 0 amide bonds.